The molecular formula is C22H27N3O2. The summed E-state index contributed by atoms with van der Waals surface area (Å²) < 4.78 is 0. The fraction of sp³-hybridized carbons (Fsp3) is 0.409. The van der Waals surface area contributed by atoms with Crippen molar-refractivity contribution >= 4 is 11.7 Å². The molecule has 1 N–H and O–H groups in total. The minimum Gasteiger partial charge on any atom is -0.351 e. The smallest absolute Gasteiger partial charge is 0.237 e. The first-order valence-corrected chi connectivity index (χ1v) is 9.50. The molecule has 2 aromatic rings. The third-order valence-electron chi connectivity index (χ3n) is 5.80. The topological polar surface area (TPSA) is 62.3 Å². The minimum absolute atomic E-state index is 0.0156. The first-order chi connectivity index (χ1) is 13.0. The van der Waals surface area contributed by atoms with Crippen molar-refractivity contribution in [3.05, 3.63) is 66.0 Å². The second-order valence-corrected chi connectivity index (χ2v) is 7.29. The van der Waals surface area contributed by atoms with Crippen LogP contribution in [-0.2, 0) is 21.5 Å². The molecule has 3 rings (SSSR count). The lowest BCUT2D eigenvalue weighted by atomic mass is 9.70. The number of aromatic nitrogens is 1. The first kappa shape index (κ1) is 19.2. The number of carbonyl (C=O) groups is 2. The highest BCUT2D eigenvalue weighted by Gasteiger charge is 2.41. The molecule has 27 heavy (non-hydrogen) atoms. The van der Waals surface area contributed by atoms with Crippen molar-refractivity contribution in [2.75, 3.05) is 13.1 Å². The highest BCUT2D eigenvalue weighted by molar-refractivity contribution is 5.88. The molecule has 1 aliphatic heterocycles. The molecule has 1 aliphatic rings. The van der Waals surface area contributed by atoms with Gasteiger partial charge in [-0.2, -0.15) is 0 Å². The Hall–Kier alpha value is -2.53. The quantitative estimate of drug-likeness (QED) is 0.855. The molecule has 0 saturated carbocycles. The van der Waals surface area contributed by atoms with Crippen LogP contribution in [0.1, 0.15) is 37.8 Å². The monoisotopic (exact) mass is 365 g/mol. The molecule has 142 valence electrons. The van der Waals surface area contributed by atoms with E-state index >= 15 is 0 Å². The third-order valence-corrected chi connectivity index (χ3v) is 5.80. The van der Waals surface area contributed by atoms with Crippen LogP contribution < -0.4 is 5.32 Å². The van der Waals surface area contributed by atoms with Gasteiger partial charge >= 0.3 is 0 Å². The molecule has 1 saturated heterocycles. The Morgan fingerprint density at radius 3 is 2.33 bits per heavy atom. The number of Topliss-reactive ketones (excluding diaryl/α,β-unsaturated/α-hetero) is 1. The van der Waals surface area contributed by atoms with E-state index in [2.05, 4.69) is 15.2 Å². The number of ketones is 1. The lowest BCUT2D eigenvalue weighted by molar-refractivity contribution is -0.128. The predicted octanol–water partition coefficient (Wildman–Crippen LogP) is 2.71. The van der Waals surface area contributed by atoms with Gasteiger partial charge in [0.2, 0.25) is 5.91 Å². The van der Waals surface area contributed by atoms with E-state index in [1.54, 1.807) is 19.3 Å². The lowest BCUT2D eigenvalue weighted by Crippen LogP contribution is -2.52. The molecule has 1 aromatic heterocycles. The summed E-state index contributed by atoms with van der Waals surface area (Å²) in [5, 5.41) is 3.00. The predicted molar refractivity (Wildman–Crippen MR) is 105 cm³/mol. The maximum absolute atomic E-state index is 12.5. The van der Waals surface area contributed by atoms with E-state index in [-0.39, 0.29) is 17.7 Å². The average molecular weight is 365 g/mol. The van der Waals surface area contributed by atoms with Crippen LogP contribution in [0.15, 0.2) is 54.9 Å². The van der Waals surface area contributed by atoms with Gasteiger partial charge in [-0.1, -0.05) is 30.3 Å². The van der Waals surface area contributed by atoms with Gasteiger partial charge in [0.15, 0.2) is 0 Å². The van der Waals surface area contributed by atoms with Crippen LogP contribution in [0.2, 0.25) is 0 Å². The Bertz CT molecular complexity index is 769. The highest BCUT2D eigenvalue weighted by atomic mass is 16.2. The molecule has 1 atom stereocenters. The fourth-order valence-electron chi connectivity index (χ4n) is 3.90. The molecule has 5 nitrogen and oxygen atoms in total. The number of pyridine rings is 1. The maximum Gasteiger partial charge on any atom is 0.237 e. The number of piperidine rings is 1. The summed E-state index contributed by atoms with van der Waals surface area (Å²) in [4.78, 5) is 31.2. The van der Waals surface area contributed by atoms with E-state index in [9.17, 15) is 9.59 Å². The summed E-state index contributed by atoms with van der Waals surface area (Å²) in [6, 6.07) is 13.6. The normalized spacial score (nSPS) is 17.9. The molecule has 2 heterocycles. The molecule has 0 spiro atoms. The number of hydrogen-bond acceptors (Lipinski definition) is 4. The summed E-state index contributed by atoms with van der Waals surface area (Å²) in [5.74, 6) is 0.227. The van der Waals surface area contributed by atoms with Gasteiger partial charge < -0.3 is 5.32 Å². The molecule has 1 fully saturated rings. The van der Waals surface area contributed by atoms with Crippen molar-refractivity contribution in [2.45, 2.75) is 44.7 Å². The number of benzene rings is 1. The maximum atomic E-state index is 12.5. The number of amides is 1. The van der Waals surface area contributed by atoms with E-state index in [0.29, 0.717) is 6.54 Å². The number of likely N-dealkylation sites (tertiary alicyclic amines) is 1. The van der Waals surface area contributed by atoms with E-state index < -0.39 is 5.41 Å². The van der Waals surface area contributed by atoms with Gasteiger partial charge in [0.25, 0.3) is 0 Å². The van der Waals surface area contributed by atoms with Crippen LogP contribution in [0.4, 0.5) is 0 Å². The molecule has 0 radical (unpaired) electrons. The Morgan fingerprint density at radius 1 is 1.11 bits per heavy atom. The van der Waals surface area contributed by atoms with Crippen LogP contribution in [0.3, 0.4) is 0 Å². The number of hydrogen-bond donors (Lipinski definition) is 1. The molecule has 1 unspecified atom stereocenters. The summed E-state index contributed by atoms with van der Waals surface area (Å²) in [6.45, 7) is 5.59. The summed E-state index contributed by atoms with van der Waals surface area (Å²) in [7, 11) is 0. The Kier molecular flexibility index (Phi) is 6.01. The summed E-state index contributed by atoms with van der Waals surface area (Å²) in [6.07, 6.45) is 4.93. The van der Waals surface area contributed by atoms with Crippen LogP contribution in [0.5, 0.6) is 0 Å². The highest BCUT2D eigenvalue weighted by Crippen LogP contribution is 2.36. The van der Waals surface area contributed by atoms with Gasteiger partial charge in [-0.25, -0.2) is 0 Å². The van der Waals surface area contributed by atoms with Crippen LogP contribution in [0, 0.1) is 0 Å². The third kappa shape index (κ3) is 4.25. The Labute approximate surface area is 160 Å². The zero-order valence-electron chi connectivity index (χ0n) is 16.0. The Morgan fingerprint density at radius 2 is 1.74 bits per heavy atom. The Balaban J connectivity index is 1.60. The van der Waals surface area contributed by atoms with Crippen molar-refractivity contribution in [3.63, 3.8) is 0 Å². The summed E-state index contributed by atoms with van der Waals surface area (Å²) in [5.41, 5.74) is 1.70. The van der Waals surface area contributed by atoms with E-state index in [1.165, 1.54) is 0 Å². The molecule has 0 aliphatic carbocycles. The second kappa shape index (κ2) is 8.44. The van der Waals surface area contributed by atoms with Crippen LogP contribution >= 0.6 is 0 Å². The first-order valence-electron chi connectivity index (χ1n) is 9.50. The van der Waals surface area contributed by atoms with Crippen molar-refractivity contribution < 1.29 is 9.59 Å². The number of nitrogens with zero attached hydrogens (tertiary/aromatic N) is 2. The zero-order valence-corrected chi connectivity index (χ0v) is 16.0. The van der Waals surface area contributed by atoms with E-state index in [4.69, 9.17) is 0 Å². The van der Waals surface area contributed by atoms with Gasteiger partial charge in [0.1, 0.15) is 5.78 Å². The van der Waals surface area contributed by atoms with Gasteiger partial charge in [0, 0.05) is 32.0 Å². The van der Waals surface area contributed by atoms with E-state index in [0.717, 1.165) is 37.1 Å². The lowest BCUT2D eigenvalue weighted by Gasteiger charge is -2.42. The van der Waals surface area contributed by atoms with Gasteiger partial charge in [-0.15, -0.1) is 0 Å². The summed E-state index contributed by atoms with van der Waals surface area (Å²) >= 11 is 0. The largest absolute Gasteiger partial charge is 0.351 e. The molecular weight excluding hydrogens is 338 g/mol. The van der Waals surface area contributed by atoms with Gasteiger partial charge in [-0.05, 0) is 49.9 Å². The molecule has 1 amide bonds. The number of carbonyl (C=O) groups excluding carboxylic acids is 2. The minimum atomic E-state index is -0.426. The van der Waals surface area contributed by atoms with Crippen LogP contribution in [-0.4, -0.2) is 40.7 Å². The molecule has 0 bridgehead atoms. The average Bonchev–Trinajstić information content (AvgIpc) is 2.72. The standard InChI is InChI=1S/C22H27N3O2/c1-17(21(27)24-16-19-8-12-23-13-9-19)25-14-10-22(11-15-25,18(2)26)20-6-4-3-5-7-20/h3-9,12-13,17H,10-11,14-16H2,1-2H3,(H,24,27). The van der Waals surface area contributed by atoms with Crippen molar-refractivity contribution in [2.24, 2.45) is 0 Å². The van der Waals surface area contributed by atoms with E-state index in [1.807, 2.05) is 49.4 Å². The van der Waals surface area contributed by atoms with Crippen molar-refractivity contribution in [3.8, 4) is 0 Å². The van der Waals surface area contributed by atoms with Crippen molar-refractivity contribution in [1.29, 1.82) is 0 Å². The number of nitrogens with one attached hydrogen (secondary N) is 1. The van der Waals surface area contributed by atoms with Crippen LogP contribution in [0.25, 0.3) is 0 Å². The second-order valence-electron chi connectivity index (χ2n) is 7.29. The SMILES string of the molecule is CC(=O)C1(c2ccccc2)CCN(C(C)C(=O)NCc2ccncc2)CC1. The van der Waals surface area contributed by atoms with Gasteiger partial charge in [-0.3, -0.25) is 19.5 Å². The number of rotatable bonds is 6. The van der Waals surface area contributed by atoms with Gasteiger partial charge in [0.05, 0.1) is 11.5 Å². The molecule has 1 aromatic carbocycles. The zero-order chi connectivity index (χ0) is 19.3. The van der Waals surface area contributed by atoms with Crippen molar-refractivity contribution in [1.82, 2.24) is 15.2 Å². The fourth-order valence-corrected chi connectivity index (χ4v) is 3.90. The molecule has 5 heteroatoms.